The second-order valence-electron chi connectivity index (χ2n) is 5.71. The van der Waals surface area contributed by atoms with Crippen molar-refractivity contribution in [3.63, 3.8) is 0 Å². The third kappa shape index (κ3) is 2.76. The summed E-state index contributed by atoms with van der Waals surface area (Å²) in [4.78, 5) is 12.3. The highest BCUT2D eigenvalue weighted by atomic mass is 16.6. The molecule has 23 heavy (non-hydrogen) atoms. The summed E-state index contributed by atoms with van der Waals surface area (Å²) in [7, 11) is 0. The van der Waals surface area contributed by atoms with Crippen LogP contribution in [0.4, 0.5) is 0 Å². The zero-order valence-electron chi connectivity index (χ0n) is 12.3. The van der Waals surface area contributed by atoms with E-state index in [-0.39, 0.29) is 36.5 Å². The van der Waals surface area contributed by atoms with E-state index < -0.39 is 6.10 Å². The van der Waals surface area contributed by atoms with E-state index in [0.29, 0.717) is 18.9 Å². The molecule has 0 aliphatic carbocycles. The highest BCUT2D eigenvalue weighted by molar-refractivity contribution is 5.91. The van der Waals surface area contributed by atoms with Crippen molar-refractivity contribution in [3.05, 3.63) is 42.1 Å². The van der Waals surface area contributed by atoms with E-state index >= 15 is 0 Å². The molecule has 0 unspecified atom stereocenters. The van der Waals surface area contributed by atoms with Gasteiger partial charge in [0.15, 0.2) is 5.76 Å². The van der Waals surface area contributed by atoms with Crippen molar-refractivity contribution in [1.29, 1.82) is 0 Å². The first-order valence-corrected chi connectivity index (χ1v) is 7.49. The summed E-state index contributed by atoms with van der Waals surface area (Å²) in [6.07, 6.45) is 2.19. The Morgan fingerprint density at radius 1 is 1.35 bits per heavy atom. The summed E-state index contributed by atoms with van der Waals surface area (Å²) in [5, 5.41) is 16.6. The minimum atomic E-state index is -0.633. The zero-order chi connectivity index (χ0) is 15.8. The molecule has 0 radical (unpaired) electrons. The summed E-state index contributed by atoms with van der Waals surface area (Å²) in [6, 6.07) is 4.92. The molecular formula is C15H17N3O5. The Bertz CT molecular complexity index is 683. The van der Waals surface area contributed by atoms with E-state index in [1.54, 1.807) is 23.0 Å². The topological polar surface area (TPSA) is 98.8 Å². The minimum absolute atomic E-state index is 0.231. The van der Waals surface area contributed by atoms with Crippen molar-refractivity contribution in [1.82, 2.24) is 15.1 Å². The van der Waals surface area contributed by atoms with Gasteiger partial charge in [0, 0.05) is 12.4 Å². The number of fused-ring (bicyclic) bond motifs is 1. The summed E-state index contributed by atoms with van der Waals surface area (Å²) in [5.74, 6) is 0.553. The van der Waals surface area contributed by atoms with E-state index in [1.165, 1.54) is 0 Å². The molecule has 0 spiro atoms. The number of hydrogen-bond acceptors (Lipinski definition) is 6. The molecule has 2 aromatic rings. The van der Waals surface area contributed by atoms with Gasteiger partial charge < -0.3 is 24.3 Å². The number of carbonyl (C=O) groups excluding carboxylic acids is 1. The molecule has 2 fully saturated rings. The molecule has 8 heteroatoms. The number of furan rings is 1. The second-order valence-corrected chi connectivity index (χ2v) is 5.71. The monoisotopic (exact) mass is 319 g/mol. The molecule has 1 amide bonds. The van der Waals surface area contributed by atoms with Crippen LogP contribution < -0.4 is 5.32 Å². The van der Waals surface area contributed by atoms with Crippen LogP contribution in [0, 0.1) is 0 Å². The lowest BCUT2D eigenvalue weighted by molar-refractivity contribution is 0.0178. The standard InChI is InChI=1S/C15H17N3O5/c19-11-8-22-13-10(7-21-14(11)13)17-15(20)12-3-2-9(23-12)6-18-5-1-4-16-18/h1-5,10-11,13-14,19H,6-8H2,(H,17,20)/t10-,11-,13-,14-/m1/s1. The Morgan fingerprint density at radius 2 is 2.22 bits per heavy atom. The van der Waals surface area contributed by atoms with Crippen molar-refractivity contribution in [2.45, 2.75) is 30.9 Å². The lowest BCUT2D eigenvalue weighted by Crippen LogP contribution is -2.44. The molecule has 2 N–H and O–H groups in total. The average molecular weight is 319 g/mol. The fraction of sp³-hybridized carbons (Fsp3) is 0.467. The molecule has 8 nitrogen and oxygen atoms in total. The number of carbonyl (C=O) groups is 1. The van der Waals surface area contributed by atoms with Crippen LogP contribution in [0.3, 0.4) is 0 Å². The first-order valence-electron chi connectivity index (χ1n) is 7.49. The number of hydrogen-bond donors (Lipinski definition) is 2. The van der Waals surface area contributed by atoms with Crippen LogP contribution in [0.15, 0.2) is 35.0 Å². The molecule has 2 aliphatic heterocycles. The first kappa shape index (κ1) is 14.4. The van der Waals surface area contributed by atoms with Crippen molar-refractivity contribution in [2.75, 3.05) is 13.2 Å². The van der Waals surface area contributed by atoms with Crippen LogP contribution in [0.1, 0.15) is 16.3 Å². The highest BCUT2D eigenvalue weighted by Gasteiger charge is 2.47. The summed E-state index contributed by atoms with van der Waals surface area (Å²) in [5.41, 5.74) is 0. The number of nitrogens with zero attached hydrogens (tertiary/aromatic N) is 2. The smallest absolute Gasteiger partial charge is 0.287 e. The third-order valence-corrected chi connectivity index (χ3v) is 4.11. The van der Waals surface area contributed by atoms with Crippen molar-refractivity contribution < 1.29 is 23.8 Å². The maximum Gasteiger partial charge on any atom is 0.287 e. The predicted octanol–water partition coefficient (Wildman–Crippen LogP) is -0.219. The minimum Gasteiger partial charge on any atom is -0.454 e. The number of nitrogens with one attached hydrogen (secondary N) is 1. The fourth-order valence-corrected chi connectivity index (χ4v) is 2.98. The van der Waals surface area contributed by atoms with Crippen LogP contribution in [0.5, 0.6) is 0 Å². The van der Waals surface area contributed by atoms with Crippen LogP contribution in [-0.4, -0.2) is 58.4 Å². The van der Waals surface area contributed by atoms with Gasteiger partial charge in [0.1, 0.15) is 24.1 Å². The summed E-state index contributed by atoms with van der Waals surface area (Å²) < 4.78 is 18.2. The Kier molecular flexibility index (Phi) is 3.64. The van der Waals surface area contributed by atoms with E-state index in [4.69, 9.17) is 13.9 Å². The SMILES string of the molecule is O=C(N[C@@H]1CO[C@H]2[C@@H]1OC[C@H]2O)c1ccc(Cn2cccn2)o1. The van der Waals surface area contributed by atoms with Gasteiger partial charge in [-0.1, -0.05) is 0 Å². The molecule has 0 bridgehead atoms. The molecule has 2 aliphatic rings. The Morgan fingerprint density at radius 3 is 3.04 bits per heavy atom. The van der Waals surface area contributed by atoms with Crippen LogP contribution in [0.2, 0.25) is 0 Å². The lowest BCUT2D eigenvalue weighted by atomic mass is 10.1. The number of aromatic nitrogens is 2. The fourth-order valence-electron chi connectivity index (χ4n) is 2.98. The molecule has 122 valence electrons. The highest BCUT2D eigenvalue weighted by Crippen LogP contribution is 2.27. The molecule has 2 aromatic heterocycles. The quantitative estimate of drug-likeness (QED) is 0.808. The number of aliphatic hydroxyl groups excluding tert-OH is 1. The Hall–Kier alpha value is -2.16. The van der Waals surface area contributed by atoms with Gasteiger partial charge >= 0.3 is 0 Å². The van der Waals surface area contributed by atoms with Gasteiger partial charge in [0.25, 0.3) is 5.91 Å². The Labute approximate surface area is 132 Å². The van der Waals surface area contributed by atoms with E-state index in [1.807, 2.05) is 12.3 Å². The molecule has 4 heterocycles. The normalized spacial score (nSPS) is 29.6. The van der Waals surface area contributed by atoms with Crippen molar-refractivity contribution >= 4 is 5.91 Å². The van der Waals surface area contributed by atoms with E-state index in [9.17, 15) is 9.90 Å². The lowest BCUT2D eigenvalue weighted by Gasteiger charge is -2.16. The number of rotatable bonds is 4. The second kappa shape index (κ2) is 5.80. The molecule has 4 rings (SSSR count). The van der Waals surface area contributed by atoms with E-state index in [2.05, 4.69) is 10.4 Å². The van der Waals surface area contributed by atoms with Gasteiger partial charge in [-0.25, -0.2) is 0 Å². The first-order chi connectivity index (χ1) is 11.2. The van der Waals surface area contributed by atoms with E-state index in [0.717, 1.165) is 0 Å². The van der Waals surface area contributed by atoms with Gasteiger partial charge in [-0.3, -0.25) is 9.48 Å². The predicted molar refractivity (Wildman–Crippen MR) is 76.8 cm³/mol. The van der Waals surface area contributed by atoms with Gasteiger partial charge in [-0.05, 0) is 18.2 Å². The molecule has 4 atom stereocenters. The van der Waals surface area contributed by atoms with Gasteiger partial charge in [0.05, 0.1) is 25.8 Å². The maximum absolute atomic E-state index is 12.3. The van der Waals surface area contributed by atoms with Gasteiger partial charge in [-0.15, -0.1) is 0 Å². The summed E-state index contributed by atoms with van der Waals surface area (Å²) in [6.45, 7) is 1.02. The summed E-state index contributed by atoms with van der Waals surface area (Å²) >= 11 is 0. The van der Waals surface area contributed by atoms with Crippen molar-refractivity contribution in [2.24, 2.45) is 0 Å². The van der Waals surface area contributed by atoms with Gasteiger partial charge in [-0.2, -0.15) is 5.10 Å². The largest absolute Gasteiger partial charge is 0.454 e. The van der Waals surface area contributed by atoms with Crippen LogP contribution in [0.25, 0.3) is 0 Å². The van der Waals surface area contributed by atoms with Crippen LogP contribution in [-0.2, 0) is 16.0 Å². The van der Waals surface area contributed by atoms with Crippen LogP contribution >= 0.6 is 0 Å². The molecular weight excluding hydrogens is 302 g/mol. The van der Waals surface area contributed by atoms with Gasteiger partial charge in [0.2, 0.25) is 0 Å². The number of aliphatic hydroxyl groups is 1. The third-order valence-electron chi connectivity index (χ3n) is 4.11. The maximum atomic E-state index is 12.3. The zero-order valence-corrected chi connectivity index (χ0v) is 12.3. The van der Waals surface area contributed by atoms with Crippen molar-refractivity contribution in [3.8, 4) is 0 Å². The average Bonchev–Trinajstić information content (AvgIpc) is 3.28. The molecule has 2 saturated heterocycles. The number of amides is 1. The Balaban J connectivity index is 1.39. The molecule has 0 saturated carbocycles. The number of ether oxygens (including phenoxy) is 2. The molecule has 0 aromatic carbocycles.